The van der Waals surface area contributed by atoms with Crippen LogP contribution in [0.2, 0.25) is 0 Å². The molecule has 0 bridgehead atoms. The van der Waals surface area contributed by atoms with E-state index in [2.05, 4.69) is 11.6 Å². The fourth-order valence-electron chi connectivity index (χ4n) is 0.654. The average Bonchev–Trinajstić information content (AvgIpc) is 1.85. The van der Waals surface area contributed by atoms with Crippen molar-refractivity contribution in [3.63, 3.8) is 0 Å². The molecule has 0 aromatic carbocycles. The minimum absolute atomic E-state index is 0.245. The van der Waals surface area contributed by atoms with Crippen LogP contribution < -0.4 is 0 Å². The standard InChI is InChI=1S/C8H15NO/c1-5-8(10)7(4)9-6(2)3/h5-6,8,10H,1H2,2-4H3. The number of nitrogens with zero attached hydrogens (tertiary/aromatic N) is 1. The summed E-state index contributed by atoms with van der Waals surface area (Å²) in [5, 5.41) is 9.13. The highest BCUT2D eigenvalue weighted by Gasteiger charge is 2.01. The van der Waals surface area contributed by atoms with Crippen LogP contribution in [0.1, 0.15) is 20.8 Å². The lowest BCUT2D eigenvalue weighted by Crippen LogP contribution is -2.15. The highest BCUT2D eigenvalue weighted by Crippen LogP contribution is 1.93. The fourth-order valence-corrected chi connectivity index (χ4v) is 0.654. The van der Waals surface area contributed by atoms with Gasteiger partial charge in [0, 0.05) is 11.8 Å². The third-order valence-corrected chi connectivity index (χ3v) is 1.11. The van der Waals surface area contributed by atoms with Crippen molar-refractivity contribution < 1.29 is 5.11 Å². The largest absolute Gasteiger partial charge is 0.383 e. The molecule has 1 N–H and O–H groups in total. The Hall–Kier alpha value is -0.630. The molecule has 0 heterocycles. The van der Waals surface area contributed by atoms with Crippen molar-refractivity contribution in [3.05, 3.63) is 12.7 Å². The van der Waals surface area contributed by atoms with Crippen molar-refractivity contribution in [2.24, 2.45) is 4.99 Å². The number of hydrogen-bond donors (Lipinski definition) is 1. The van der Waals surface area contributed by atoms with Gasteiger partial charge in [0.15, 0.2) is 0 Å². The van der Waals surface area contributed by atoms with Crippen molar-refractivity contribution in [1.82, 2.24) is 0 Å². The fraction of sp³-hybridized carbons (Fsp3) is 0.625. The average molecular weight is 141 g/mol. The van der Waals surface area contributed by atoms with E-state index >= 15 is 0 Å². The predicted molar refractivity (Wildman–Crippen MR) is 44.4 cm³/mol. The summed E-state index contributed by atoms with van der Waals surface area (Å²) < 4.78 is 0. The highest BCUT2D eigenvalue weighted by atomic mass is 16.3. The Bertz CT molecular complexity index is 138. The predicted octanol–water partition coefficient (Wildman–Crippen LogP) is 1.40. The van der Waals surface area contributed by atoms with Crippen LogP contribution in [0.25, 0.3) is 0 Å². The van der Waals surface area contributed by atoms with Crippen molar-refractivity contribution in [1.29, 1.82) is 0 Å². The van der Waals surface area contributed by atoms with Crippen LogP contribution in [-0.4, -0.2) is 23.0 Å². The SMILES string of the molecule is C=CC(O)C(C)=NC(C)C. The van der Waals surface area contributed by atoms with Crippen molar-refractivity contribution in [2.45, 2.75) is 32.9 Å². The Morgan fingerprint density at radius 3 is 2.40 bits per heavy atom. The molecule has 1 atom stereocenters. The molecule has 0 aliphatic carbocycles. The normalized spacial score (nSPS) is 15.5. The van der Waals surface area contributed by atoms with E-state index < -0.39 is 6.10 Å². The molecule has 0 aromatic rings. The highest BCUT2D eigenvalue weighted by molar-refractivity contribution is 5.87. The third kappa shape index (κ3) is 3.41. The molecule has 2 heteroatoms. The first-order valence-electron chi connectivity index (χ1n) is 3.42. The number of hydrogen-bond acceptors (Lipinski definition) is 2. The lowest BCUT2D eigenvalue weighted by Gasteiger charge is -2.05. The maximum atomic E-state index is 9.13. The maximum Gasteiger partial charge on any atom is 0.109 e. The van der Waals surface area contributed by atoms with Gasteiger partial charge in [0.2, 0.25) is 0 Å². The van der Waals surface area contributed by atoms with E-state index in [1.807, 2.05) is 13.8 Å². The summed E-state index contributed by atoms with van der Waals surface area (Å²) >= 11 is 0. The van der Waals surface area contributed by atoms with Gasteiger partial charge in [0.05, 0.1) is 0 Å². The van der Waals surface area contributed by atoms with E-state index in [0.29, 0.717) is 0 Å². The first-order chi connectivity index (χ1) is 4.57. The second-order valence-corrected chi connectivity index (χ2v) is 2.54. The molecule has 0 aromatic heterocycles. The molecule has 0 amide bonds. The van der Waals surface area contributed by atoms with E-state index in [9.17, 15) is 0 Å². The summed E-state index contributed by atoms with van der Waals surface area (Å²) in [6.45, 7) is 9.20. The van der Waals surface area contributed by atoms with E-state index in [4.69, 9.17) is 5.11 Å². The van der Waals surface area contributed by atoms with E-state index in [1.165, 1.54) is 6.08 Å². The first-order valence-corrected chi connectivity index (χ1v) is 3.42. The Morgan fingerprint density at radius 2 is 2.10 bits per heavy atom. The monoisotopic (exact) mass is 141 g/mol. The second-order valence-electron chi connectivity index (χ2n) is 2.54. The molecule has 0 saturated carbocycles. The van der Waals surface area contributed by atoms with Gasteiger partial charge in [-0.3, -0.25) is 4.99 Å². The van der Waals surface area contributed by atoms with Gasteiger partial charge in [0.1, 0.15) is 6.10 Å². The zero-order valence-electron chi connectivity index (χ0n) is 6.83. The molecule has 0 aliphatic rings. The van der Waals surface area contributed by atoms with Gasteiger partial charge < -0.3 is 5.11 Å². The molecule has 0 rings (SSSR count). The molecule has 0 spiro atoms. The Morgan fingerprint density at radius 1 is 1.60 bits per heavy atom. The van der Waals surface area contributed by atoms with Gasteiger partial charge in [-0.25, -0.2) is 0 Å². The summed E-state index contributed by atoms with van der Waals surface area (Å²) in [7, 11) is 0. The number of aliphatic hydroxyl groups excluding tert-OH is 1. The van der Waals surface area contributed by atoms with Gasteiger partial charge >= 0.3 is 0 Å². The van der Waals surface area contributed by atoms with Crippen LogP contribution in [-0.2, 0) is 0 Å². The van der Waals surface area contributed by atoms with E-state index in [1.54, 1.807) is 6.92 Å². The molecule has 0 fully saturated rings. The van der Waals surface area contributed by atoms with Gasteiger partial charge in [0.25, 0.3) is 0 Å². The quantitative estimate of drug-likeness (QED) is 0.467. The summed E-state index contributed by atoms with van der Waals surface area (Å²) in [6, 6.07) is 0.245. The number of aliphatic imine (C=N–C) groups is 1. The molecule has 0 radical (unpaired) electrons. The van der Waals surface area contributed by atoms with Crippen LogP contribution in [0.15, 0.2) is 17.6 Å². The van der Waals surface area contributed by atoms with Gasteiger partial charge in [-0.2, -0.15) is 0 Å². The summed E-state index contributed by atoms with van der Waals surface area (Å²) in [4.78, 5) is 4.14. The van der Waals surface area contributed by atoms with Gasteiger partial charge in [-0.15, -0.1) is 6.58 Å². The zero-order chi connectivity index (χ0) is 8.15. The minimum atomic E-state index is -0.581. The number of rotatable bonds is 3. The number of aliphatic hydroxyl groups is 1. The Labute approximate surface area is 62.3 Å². The Balaban J connectivity index is 4.04. The topological polar surface area (TPSA) is 32.6 Å². The smallest absolute Gasteiger partial charge is 0.109 e. The Kier molecular flexibility index (Phi) is 3.96. The van der Waals surface area contributed by atoms with E-state index in [0.717, 1.165) is 5.71 Å². The van der Waals surface area contributed by atoms with E-state index in [-0.39, 0.29) is 6.04 Å². The molecular formula is C8H15NO. The maximum absolute atomic E-state index is 9.13. The molecule has 0 aliphatic heterocycles. The first kappa shape index (κ1) is 9.37. The lowest BCUT2D eigenvalue weighted by molar-refractivity contribution is 0.288. The van der Waals surface area contributed by atoms with Crippen molar-refractivity contribution >= 4 is 5.71 Å². The van der Waals surface area contributed by atoms with Gasteiger partial charge in [-0.05, 0) is 20.8 Å². The molecule has 10 heavy (non-hydrogen) atoms. The molecule has 2 nitrogen and oxygen atoms in total. The van der Waals surface area contributed by atoms with Crippen LogP contribution in [0.3, 0.4) is 0 Å². The third-order valence-electron chi connectivity index (χ3n) is 1.11. The second kappa shape index (κ2) is 4.23. The van der Waals surface area contributed by atoms with Crippen molar-refractivity contribution in [3.8, 4) is 0 Å². The lowest BCUT2D eigenvalue weighted by atomic mass is 10.2. The van der Waals surface area contributed by atoms with Gasteiger partial charge in [-0.1, -0.05) is 6.08 Å². The summed E-state index contributed by atoms with van der Waals surface area (Å²) in [5.41, 5.74) is 0.727. The molecular weight excluding hydrogens is 126 g/mol. The van der Waals surface area contributed by atoms with Crippen molar-refractivity contribution in [2.75, 3.05) is 0 Å². The summed E-state index contributed by atoms with van der Waals surface area (Å²) in [6.07, 6.45) is 0.892. The molecule has 1 unspecified atom stereocenters. The van der Waals surface area contributed by atoms with Crippen LogP contribution in [0.5, 0.6) is 0 Å². The summed E-state index contributed by atoms with van der Waals surface area (Å²) in [5.74, 6) is 0. The zero-order valence-corrected chi connectivity index (χ0v) is 6.83. The minimum Gasteiger partial charge on any atom is -0.383 e. The molecule has 0 saturated heterocycles. The molecule has 58 valence electrons. The van der Waals surface area contributed by atoms with Crippen LogP contribution in [0, 0.1) is 0 Å². The van der Waals surface area contributed by atoms with Crippen LogP contribution in [0.4, 0.5) is 0 Å². The van der Waals surface area contributed by atoms with Crippen LogP contribution >= 0.6 is 0 Å².